The monoisotopic (exact) mass is 226 g/mol. The number of fused-ring (bicyclic) bond motifs is 1. The van der Waals surface area contributed by atoms with Crippen LogP contribution in [0.5, 0.6) is 0 Å². The van der Waals surface area contributed by atoms with Crippen molar-refractivity contribution >= 4 is 11.5 Å². The predicted octanol–water partition coefficient (Wildman–Crippen LogP) is 1.08. The van der Waals surface area contributed by atoms with Crippen LogP contribution in [0.2, 0.25) is 0 Å². The van der Waals surface area contributed by atoms with Gasteiger partial charge in [-0.15, -0.1) is 14.8 Å². The molecule has 0 aliphatic carbocycles. The molecule has 0 atom stereocenters. The number of aromatic nitrogens is 4. The number of nitrogens with zero attached hydrogens (tertiary/aromatic N) is 4. The van der Waals surface area contributed by atoms with Crippen LogP contribution < -0.4 is 11.3 Å². The maximum absolute atomic E-state index is 5.28. The fourth-order valence-corrected chi connectivity index (χ4v) is 1.57. The highest BCUT2D eigenvalue weighted by Crippen LogP contribution is 2.15. The zero-order valence-corrected chi connectivity index (χ0v) is 8.91. The van der Waals surface area contributed by atoms with Gasteiger partial charge in [-0.1, -0.05) is 30.3 Å². The minimum absolute atomic E-state index is 0.544. The first-order valence-electron chi connectivity index (χ1n) is 5.13. The van der Waals surface area contributed by atoms with Crippen molar-refractivity contribution in [2.24, 2.45) is 5.84 Å². The van der Waals surface area contributed by atoms with Gasteiger partial charge in [0.25, 0.3) is 0 Å². The number of rotatable bonds is 2. The Morgan fingerprint density at radius 2 is 1.82 bits per heavy atom. The zero-order valence-electron chi connectivity index (χ0n) is 8.91. The Bertz CT molecular complexity index is 645. The van der Waals surface area contributed by atoms with Crippen LogP contribution in [-0.2, 0) is 0 Å². The second-order valence-corrected chi connectivity index (χ2v) is 3.51. The van der Waals surface area contributed by atoms with E-state index in [0.29, 0.717) is 17.3 Å². The Morgan fingerprint density at radius 3 is 2.59 bits per heavy atom. The molecule has 3 N–H and O–H groups in total. The number of anilines is 1. The van der Waals surface area contributed by atoms with E-state index in [9.17, 15) is 0 Å². The lowest BCUT2D eigenvalue weighted by Gasteiger charge is -1.96. The molecule has 3 aromatic rings. The van der Waals surface area contributed by atoms with Crippen molar-refractivity contribution in [3.05, 3.63) is 42.5 Å². The normalized spacial score (nSPS) is 10.6. The summed E-state index contributed by atoms with van der Waals surface area (Å²) in [5.74, 6) is 6.47. The molecule has 2 aromatic heterocycles. The van der Waals surface area contributed by atoms with Crippen LogP contribution in [0.1, 0.15) is 0 Å². The van der Waals surface area contributed by atoms with Gasteiger partial charge in [-0.25, -0.2) is 10.8 Å². The summed E-state index contributed by atoms with van der Waals surface area (Å²) in [5.41, 5.74) is 4.11. The Hall–Kier alpha value is -2.47. The first-order chi connectivity index (χ1) is 8.36. The summed E-state index contributed by atoms with van der Waals surface area (Å²) in [6, 6.07) is 13.3. The summed E-state index contributed by atoms with van der Waals surface area (Å²) in [6.07, 6.45) is 0. The van der Waals surface area contributed by atoms with Crippen molar-refractivity contribution in [2.75, 3.05) is 5.43 Å². The highest BCUT2D eigenvalue weighted by Gasteiger charge is 2.06. The molecule has 0 bridgehead atoms. The van der Waals surface area contributed by atoms with Crippen LogP contribution >= 0.6 is 0 Å². The van der Waals surface area contributed by atoms with Crippen LogP contribution in [0.4, 0.5) is 5.82 Å². The van der Waals surface area contributed by atoms with Crippen LogP contribution in [0, 0.1) is 0 Å². The standard InChI is InChI=1S/C11H10N6/c12-14-9-6-7-10-13-11(16-17(10)15-9)8-4-2-1-3-5-8/h1-7H,12H2,(H,14,15). The van der Waals surface area contributed by atoms with Crippen molar-refractivity contribution in [1.29, 1.82) is 0 Å². The zero-order chi connectivity index (χ0) is 11.7. The lowest BCUT2D eigenvalue weighted by atomic mass is 10.2. The number of hydrogen-bond donors (Lipinski definition) is 2. The third-order valence-corrected chi connectivity index (χ3v) is 2.39. The second kappa shape index (κ2) is 3.84. The third-order valence-electron chi connectivity index (χ3n) is 2.39. The highest BCUT2D eigenvalue weighted by atomic mass is 15.5. The average Bonchev–Trinajstić information content (AvgIpc) is 2.82. The maximum Gasteiger partial charge on any atom is 0.183 e. The molecule has 0 aliphatic heterocycles. The third kappa shape index (κ3) is 1.70. The molecule has 0 fully saturated rings. The number of nitrogens with one attached hydrogen (secondary N) is 1. The topological polar surface area (TPSA) is 81.1 Å². The number of benzene rings is 1. The van der Waals surface area contributed by atoms with Crippen LogP contribution in [0.15, 0.2) is 42.5 Å². The molecule has 84 valence electrons. The fraction of sp³-hybridized carbons (Fsp3) is 0. The van der Waals surface area contributed by atoms with Gasteiger partial charge in [-0.05, 0) is 12.1 Å². The van der Waals surface area contributed by atoms with Gasteiger partial charge in [-0.2, -0.15) is 0 Å². The molecule has 2 heterocycles. The summed E-state index contributed by atoms with van der Waals surface area (Å²) in [4.78, 5) is 4.38. The summed E-state index contributed by atoms with van der Waals surface area (Å²) in [5, 5.41) is 8.44. The molecule has 0 saturated heterocycles. The van der Waals surface area contributed by atoms with E-state index >= 15 is 0 Å². The fourth-order valence-electron chi connectivity index (χ4n) is 1.57. The van der Waals surface area contributed by atoms with E-state index in [4.69, 9.17) is 5.84 Å². The van der Waals surface area contributed by atoms with Crippen LogP contribution in [0.3, 0.4) is 0 Å². The Balaban J connectivity index is 2.14. The smallest absolute Gasteiger partial charge is 0.183 e. The number of hydrogen-bond acceptors (Lipinski definition) is 5. The number of nitrogen functional groups attached to an aromatic ring is 1. The number of nitrogens with two attached hydrogens (primary N) is 1. The van der Waals surface area contributed by atoms with Gasteiger partial charge in [0.1, 0.15) is 0 Å². The molecule has 0 radical (unpaired) electrons. The molecule has 0 aliphatic rings. The van der Waals surface area contributed by atoms with Gasteiger partial charge in [0.2, 0.25) is 0 Å². The molecule has 3 rings (SSSR count). The van der Waals surface area contributed by atoms with Gasteiger partial charge in [0, 0.05) is 5.56 Å². The van der Waals surface area contributed by atoms with E-state index in [0.717, 1.165) is 5.56 Å². The van der Waals surface area contributed by atoms with E-state index in [2.05, 4.69) is 20.6 Å². The molecule has 0 spiro atoms. The molecular formula is C11H10N6. The first kappa shape index (κ1) is 9.73. The van der Waals surface area contributed by atoms with Crippen LogP contribution in [-0.4, -0.2) is 19.8 Å². The van der Waals surface area contributed by atoms with E-state index in [1.54, 1.807) is 6.07 Å². The summed E-state index contributed by atoms with van der Waals surface area (Å²) >= 11 is 0. The van der Waals surface area contributed by atoms with E-state index < -0.39 is 0 Å². The van der Waals surface area contributed by atoms with Gasteiger partial charge in [0.15, 0.2) is 17.3 Å². The molecular weight excluding hydrogens is 216 g/mol. The van der Waals surface area contributed by atoms with Crippen molar-refractivity contribution in [2.45, 2.75) is 0 Å². The molecule has 0 unspecified atom stereocenters. The SMILES string of the molecule is NNc1ccc2nc(-c3ccccc3)nn2n1. The van der Waals surface area contributed by atoms with Gasteiger partial charge < -0.3 is 5.43 Å². The van der Waals surface area contributed by atoms with Gasteiger partial charge in [-0.3, -0.25) is 0 Å². The first-order valence-corrected chi connectivity index (χ1v) is 5.13. The van der Waals surface area contributed by atoms with Gasteiger partial charge >= 0.3 is 0 Å². The molecule has 6 nitrogen and oxygen atoms in total. The molecule has 1 aromatic carbocycles. The van der Waals surface area contributed by atoms with Gasteiger partial charge in [0.05, 0.1) is 0 Å². The van der Waals surface area contributed by atoms with Crippen molar-refractivity contribution < 1.29 is 0 Å². The van der Waals surface area contributed by atoms with Crippen molar-refractivity contribution in [1.82, 2.24) is 19.8 Å². The summed E-state index contributed by atoms with van der Waals surface area (Å²) in [7, 11) is 0. The molecule has 0 saturated carbocycles. The van der Waals surface area contributed by atoms with Crippen molar-refractivity contribution in [3.8, 4) is 11.4 Å². The van der Waals surface area contributed by atoms with E-state index in [1.165, 1.54) is 4.63 Å². The average molecular weight is 226 g/mol. The quantitative estimate of drug-likeness (QED) is 0.504. The molecule has 0 amide bonds. The maximum atomic E-state index is 5.28. The molecule has 6 heteroatoms. The number of hydrazine groups is 1. The Labute approximate surface area is 97.1 Å². The lowest BCUT2D eigenvalue weighted by molar-refractivity contribution is 0.804. The second-order valence-electron chi connectivity index (χ2n) is 3.51. The molecule has 17 heavy (non-hydrogen) atoms. The lowest BCUT2D eigenvalue weighted by Crippen LogP contribution is -2.10. The summed E-state index contributed by atoms with van der Waals surface area (Å²) in [6.45, 7) is 0. The highest BCUT2D eigenvalue weighted by molar-refractivity contribution is 5.58. The predicted molar refractivity (Wildman–Crippen MR) is 64.0 cm³/mol. The minimum Gasteiger partial charge on any atom is -0.307 e. The van der Waals surface area contributed by atoms with Crippen molar-refractivity contribution in [3.63, 3.8) is 0 Å². The van der Waals surface area contributed by atoms with Crippen LogP contribution in [0.25, 0.3) is 17.0 Å². The van der Waals surface area contributed by atoms with E-state index in [1.807, 2.05) is 36.4 Å². The minimum atomic E-state index is 0.544. The summed E-state index contributed by atoms with van der Waals surface area (Å²) < 4.78 is 1.46. The Kier molecular flexibility index (Phi) is 2.20. The largest absolute Gasteiger partial charge is 0.307 e. The Morgan fingerprint density at radius 1 is 1.00 bits per heavy atom. The van der Waals surface area contributed by atoms with E-state index in [-0.39, 0.29) is 0 Å².